The molecule has 0 N–H and O–H groups in total. The zero-order chi connectivity index (χ0) is 4.28. The molecule has 0 fully saturated rings. The van der Waals surface area contributed by atoms with E-state index in [1.165, 1.54) is 5.75 Å². The summed E-state index contributed by atoms with van der Waals surface area (Å²) in [5.41, 5.74) is 0. The Hall–Kier alpha value is 0.780. The van der Waals surface area contributed by atoms with Crippen molar-refractivity contribution in [2.45, 2.75) is 6.92 Å². The van der Waals surface area contributed by atoms with Crippen LogP contribution in [-0.2, 0) is 0 Å². The molecule has 2 heteroatoms. The second-order valence-corrected chi connectivity index (χ2v) is 4.97. The van der Waals surface area contributed by atoms with Gasteiger partial charge in [-0.15, -0.1) is 0 Å². The number of hydrogen-bond donors (Lipinski definition) is 1. The Balaban J connectivity index is 2.97. The van der Waals surface area contributed by atoms with Gasteiger partial charge in [0.2, 0.25) is 0 Å². The van der Waals surface area contributed by atoms with Crippen LogP contribution in [0.4, 0.5) is 0 Å². The van der Waals surface area contributed by atoms with Gasteiger partial charge < -0.3 is 0 Å². The monoisotopic (exact) mass is 108 g/mol. The van der Waals surface area contributed by atoms with Crippen LogP contribution in [0.5, 0.6) is 0 Å². The number of thiol groups is 1. The second-order valence-electron chi connectivity index (χ2n) is 0.974. The van der Waals surface area contributed by atoms with Gasteiger partial charge in [-0.2, -0.15) is 0 Å². The quantitative estimate of drug-likeness (QED) is 0.356. The van der Waals surface area contributed by atoms with Crippen molar-refractivity contribution in [1.82, 2.24) is 0 Å². The molecule has 0 aromatic rings. The molecule has 0 aliphatic rings. The molecule has 0 amide bonds. The first-order valence-corrected chi connectivity index (χ1v) is 4.80. The average Bonchev–Trinajstić information content (AvgIpc) is 1.38. The van der Waals surface area contributed by atoms with E-state index in [0.29, 0.717) is 0 Å². The van der Waals surface area contributed by atoms with Crippen molar-refractivity contribution in [1.29, 1.82) is 0 Å². The predicted octanol–water partition coefficient (Wildman–Crippen LogP) is 1.96. The van der Waals surface area contributed by atoms with E-state index in [-0.39, 0.29) is 9.87 Å². The van der Waals surface area contributed by atoms with Crippen molar-refractivity contribution in [2.24, 2.45) is 0 Å². The summed E-state index contributed by atoms with van der Waals surface area (Å²) in [6.45, 7) is 2.15. The summed E-state index contributed by atoms with van der Waals surface area (Å²) in [7, 11) is 4.26. The van der Waals surface area contributed by atoms with Crippen LogP contribution in [0, 0.1) is 0 Å². The van der Waals surface area contributed by atoms with E-state index in [4.69, 9.17) is 0 Å². The Morgan fingerprint density at radius 3 is 2.00 bits per heavy atom. The zero-order valence-electron chi connectivity index (χ0n) is 3.60. The summed E-state index contributed by atoms with van der Waals surface area (Å²) in [6.07, 6.45) is 2.15. The molecule has 0 aliphatic carbocycles. The van der Waals surface area contributed by atoms with Crippen molar-refractivity contribution >= 4 is 17.7 Å². The van der Waals surface area contributed by atoms with Gasteiger partial charge in [0.05, 0.1) is 0 Å². The molecule has 1 atom stereocenters. The molecule has 0 saturated heterocycles. The Labute approximate surface area is 37.4 Å². The summed E-state index contributed by atoms with van der Waals surface area (Å²) in [5, 5.41) is 0. The molecule has 1 unspecified atom stereocenters. The molecule has 0 radical (unpaired) electrons. The molecule has 0 aromatic carbocycles. The summed E-state index contributed by atoms with van der Waals surface area (Å²) in [4.78, 5) is 0. The van der Waals surface area contributed by atoms with E-state index < -0.39 is 0 Å². The van der Waals surface area contributed by atoms with Crippen molar-refractivity contribution < 1.29 is 0 Å². The van der Waals surface area contributed by atoms with Crippen LogP contribution in [-0.4, -0.2) is 12.0 Å². The van der Waals surface area contributed by atoms with Crippen molar-refractivity contribution in [3.05, 3.63) is 0 Å². The molecule has 32 valence electrons. The maximum absolute atomic E-state index is 4.16. The first-order valence-electron chi connectivity index (χ1n) is 1.67. The van der Waals surface area contributed by atoms with Gasteiger partial charge in [-0.1, -0.05) is 0 Å². The predicted molar refractivity (Wildman–Crippen MR) is 32.4 cm³/mol. The third-order valence-electron chi connectivity index (χ3n) is 0.458. The Morgan fingerprint density at radius 2 is 2.00 bits per heavy atom. The molecule has 0 bridgehead atoms. The summed E-state index contributed by atoms with van der Waals surface area (Å²) in [5.74, 6) is 1.23. The molecular weight excluding hydrogens is 99.1 g/mol. The van der Waals surface area contributed by atoms with Gasteiger partial charge in [0.15, 0.2) is 0 Å². The van der Waals surface area contributed by atoms with Gasteiger partial charge in [-0.25, -0.2) is 0 Å². The Morgan fingerprint density at radius 1 is 1.80 bits per heavy atom. The van der Waals surface area contributed by atoms with E-state index in [1.807, 2.05) is 0 Å². The summed E-state index contributed by atoms with van der Waals surface area (Å²) >= 11 is 0. The number of hydrogen-bond acceptors (Lipinski definition) is 0. The van der Waals surface area contributed by atoms with Gasteiger partial charge in [0.1, 0.15) is 0 Å². The minimum atomic E-state index is 0.0962. The third kappa shape index (κ3) is 4.78. The van der Waals surface area contributed by atoms with Crippen molar-refractivity contribution in [3.63, 3.8) is 0 Å². The third-order valence-corrected chi connectivity index (χ3v) is 2.22. The molecule has 0 spiro atoms. The fourth-order valence-corrected chi connectivity index (χ4v) is 0. The van der Waals surface area contributed by atoms with E-state index in [9.17, 15) is 0 Å². The van der Waals surface area contributed by atoms with Gasteiger partial charge >= 0.3 is 36.6 Å². The van der Waals surface area contributed by atoms with Gasteiger partial charge in [0, 0.05) is 0 Å². The van der Waals surface area contributed by atoms with Crippen LogP contribution in [0.3, 0.4) is 0 Å². The molecule has 0 nitrogen and oxygen atoms in total. The summed E-state index contributed by atoms with van der Waals surface area (Å²) < 4.78 is 0. The first kappa shape index (κ1) is 5.78. The van der Waals surface area contributed by atoms with Crippen LogP contribution in [0.2, 0.25) is 0 Å². The normalized spacial score (nSPS) is 14.6. The van der Waals surface area contributed by atoms with Crippen LogP contribution in [0.15, 0.2) is 0 Å². The fraction of sp³-hybridized carbons (Fsp3) is 1.00. The van der Waals surface area contributed by atoms with Crippen LogP contribution < -0.4 is 0 Å². The topological polar surface area (TPSA) is 0 Å². The molecule has 0 aromatic heterocycles. The molecule has 0 heterocycles. The standard InChI is InChI=1S/C3H9PS/c1-3-5(2)4/h5H,3H2,1-2H3. The Kier molecular flexibility index (Phi) is 3.46. The Bertz CT molecular complexity index is 68.7. The van der Waals surface area contributed by atoms with Crippen LogP contribution in [0.25, 0.3) is 0 Å². The molecule has 0 saturated carbocycles. The maximum atomic E-state index is 4.16. The van der Waals surface area contributed by atoms with Gasteiger partial charge in [-0.3, -0.25) is 0 Å². The summed E-state index contributed by atoms with van der Waals surface area (Å²) in [6, 6.07) is 0. The van der Waals surface area contributed by atoms with Gasteiger partial charge in [0.25, 0.3) is 0 Å². The van der Waals surface area contributed by atoms with E-state index >= 15 is 0 Å². The SMILES string of the molecule is CC[SH](C)#P. The van der Waals surface area contributed by atoms with Crippen LogP contribution in [0.1, 0.15) is 6.92 Å². The van der Waals surface area contributed by atoms with E-state index in [2.05, 4.69) is 21.0 Å². The second kappa shape index (κ2) is 2.99. The van der Waals surface area contributed by atoms with Crippen LogP contribution >= 0.6 is 17.7 Å². The van der Waals surface area contributed by atoms with E-state index in [0.717, 1.165) is 0 Å². The van der Waals surface area contributed by atoms with E-state index in [1.54, 1.807) is 0 Å². The van der Waals surface area contributed by atoms with Crippen molar-refractivity contribution in [3.8, 4) is 0 Å². The van der Waals surface area contributed by atoms with Gasteiger partial charge in [-0.05, 0) is 0 Å². The molecular formula is C3H9PS. The average molecular weight is 108 g/mol. The first-order chi connectivity index (χ1) is 2.27. The fourth-order valence-electron chi connectivity index (χ4n) is 0. The number of rotatable bonds is 0. The molecule has 5 heavy (non-hydrogen) atoms. The molecule has 0 rings (SSSR count). The molecule has 0 aliphatic heterocycles. The van der Waals surface area contributed by atoms with Crippen molar-refractivity contribution in [2.75, 3.05) is 12.0 Å². The zero-order valence-corrected chi connectivity index (χ0v) is 5.39. The minimum absolute atomic E-state index is 0.0962.